The van der Waals surface area contributed by atoms with E-state index in [1.165, 1.54) is 10.4 Å². The highest BCUT2D eigenvalue weighted by atomic mass is 32.1. The molecule has 1 saturated heterocycles. The Morgan fingerprint density at radius 2 is 2.36 bits per heavy atom. The molecule has 0 radical (unpaired) electrons. The number of ether oxygens (including phenoxy) is 1. The minimum absolute atomic E-state index is 0.0420. The first-order valence-electron chi connectivity index (χ1n) is 7.66. The summed E-state index contributed by atoms with van der Waals surface area (Å²) in [6, 6.07) is 3.98. The second kappa shape index (κ2) is 5.52. The molecule has 1 amide bonds. The van der Waals surface area contributed by atoms with Crippen molar-refractivity contribution >= 4 is 17.2 Å². The van der Waals surface area contributed by atoms with Gasteiger partial charge in [0.05, 0.1) is 24.1 Å². The van der Waals surface area contributed by atoms with E-state index in [1.54, 1.807) is 11.3 Å². The number of rotatable bonds is 2. The Labute approximate surface area is 132 Å². The zero-order chi connectivity index (χ0) is 15.1. The van der Waals surface area contributed by atoms with Gasteiger partial charge in [0.1, 0.15) is 11.5 Å². The van der Waals surface area contributed by atoms with Gasteiger partial charge in [-0.2, -0.15) is 0 Å². The number of thiophene rings is 1. The van der Waals surface area contributed by atoms with Crippen LogP contribution in [0, 0.1) is 6.92 Å². The summed E-state index contributed by atoms with van der Waals surface area (Å²) in [4.78, 5) is 16.9. The average molecular weight is 318 g/mol. The first-order chi connectivity index (χ1) is 10.7. The van der Waals surface area contributed by atoms with Crippen LogP contribution in [0.4, 0.5) is 0 Å². The highest BCUT2D eigenvalue weighted by Gasteiger charge is 2.33. The molecule has 0 aliphatic carbocycles. The van der Waals surface area contributed by atoms with Gasteiger partial charge in [-0.1, -0.05) is 5.16 Å². The molecule has 1 fully saturated rings. The molecule has 2 aliphatic rings. The molecule has 0 saturated carbocycles. The molecule has 1 unspecified atom stereocenters. The highest BCUT2D eigenvalue weighted by Crippen LogP contribution is 2.35. The van der Waals surface area contributed by atoms with Crippen molar-refractivity contribution in [2.75, 3.05) is 13.2 Å². The number of nitrogens with zero attached hydrogens (tertiary/aromatic N) is 2. The fourth-order valence-electron chi connectivity index (χ4n) is 3.25. The molecule has 0 N–H and O–H groups in total. The summed E-state index contributed by atoms with van der Waals surface area (Å²) < 4.78 is 10.6. The summed E-state index contributed by atoms with van der Waals surface area (Å²) in [5, 5.41) is 4.10. The first kappa shape index (κ1) is 14.0. The lowest BCUT2D eigenvalue weighted by atomic mass is 10.1. The Kier molecular flexibility index (Phi) is 3.50. The van der Waals surface area contributed by atoms with Crippen LogP contribution in [0.25, 0.3) is 0 Å². The molecule has 1 atom stereocenters. The number of carbonyl (C=O) groups is 1. The number of aromatic nitrogens is 1. The third-order valence-electron chi connectivity index (χ3n) is 4.34. The maximum absolute atomic E-state index is 12.9. The molecule has 22 heavy (non-hydrogen) atoms. The van der Waals surface area contributed by atoms with E-state index in [1.807, 2.05) is 24.0 Å². The van der Waals surface area contributed by atoms with Crippen LogP contribution in [0.3, 0.4) is 0 Å². The second-order valence-corrected chi connectivity index (χ2v) is 7.02. The molecule has 6 heteroatoms. The molecule has 5 nitrogen and oxygen atoms in total. The molecule has 4 heterocycles. The average Bonchev–Trinajstić information content (AvgIpc) is 3.24. The minimum Gasteiger partial charge on any atom is -0.376 e. The Bertz CT molecular complexity index is 683. The number of hydrogen-bond donors (Lipinski definition) is 0. The lowest BCUT2D eigenvalue weighted by molar-refractivity contribution is 0.0735. The van der Waals surface area contributed by atoms with Crippen molar-refractivity contribution in [3.63, 3.8) is 0 Å². The van der Waals surface area contributed by atoms with E-state index in [-0.39, 0.29) is 11.9 Å². The Hall–Kier alpha value is -1.66. The fourth-order valence-corrected chi connectivity index (χ4v) is 4.36. The van der Waals surface area contributed by atoms with Crippen LogP contribution in [0.2, 0.25) is 0 Å². The van der Waals surface area contributed by atoms with Crippen molar-refractivity contribution in [2.24, 2.45) is 0 Å². The van der Waals surface area contributed by atoms with Crippen molar-refractivity contribution in [3.05, 3.63) is 38.9 Å². The third-order valence-corrected chi connectivity index (χ3v) is 5.56. The quantitative estimate of drug-likeness (QED) is 0.854. The van der Waals surface area contributed by atoms with Crippen LogP contribution in [0.1, 0.15) is 50.4 Å². The van der Waals surface area contributed by atoms with Crippen molar-refractivity contribution in [1.82, 2.24) is 10.1 Å². The monoisotopic (exact) mass is 318 g/mol. The van der Waals surface area contributed by atoms with E-state index >= 15 is 0 Å². The van der Waals surface area contributed by atoms with E-state index in [0.717, 1.165) is 48.7 Å². The van der Waals surface area contributed by atoms with E-state index in [9.17, 15) is 4.79 Å². The molecule has 0 aromatic carbocycles. The Morgan fingerprint density at radius 3 is 3.14 bits per heavy atom. The van der Waals surface area contributed by atoms with Crippen molar-refractivity contribution in [3.8, 4) is 0 Å². The third kappa shape index (κ3) is 2.36. The zero-order valence-corrected chi connectivity index (χ0v) is 13.3. The van der Waals surface area contributed by atoms with E-state index in [0.29, 0.717) is 6.61 Å². The van der Waals surface area contributed by atoms with Gasteiger partial charge in [0, 0.05) is 23.9 Å². The molecule has 116 valence electrons. The fraction of sp³-hybridized carbons (Fsp3) is 0.500. The summed E-state index contributed by atoms with van der Waals surface area (Å²) in [6.45, 7) is 4.05. The summed E-state index contributed by atoms with van der Waals surface area (Å²) in [7, 11) is 0. The van der Waals surface area contributed by atoms with Crippen molar-refractivity contribution in [2.45, 2.75) is 38.8 Å². The number of carbonyl (C=O) groups excluding carboxylic acids is 1. The number of hydrogen-bond acceptors (Lipinski definition) is 5. The lowest BCUT2D eigenvalue weighted by Crippen LogP contribution is -2.30. The lowest BCUT2D eigenvalue weighted by Gasteiger charge is -2.22. The smallest absolute Gasteiger partial charge is 0.264 e. The van der Waals surface area contributed by atoms with E-state index in [2.05, 4.69) is 5.16 Å². The van der Waals surface area contributed by atoms with Gasteiger partial charge < -0.3 is 14.2 Å². The van der Waals surface area contributed by atoms with Crippen LogP contribution >= 0.6 is 11.3 Å². The molecule has 2 aromatic heterocycles. The number of amides is 1. The van der Waals surface area contributed by atoms with Crippen LogP contribution in [0.5, 0.6) is 0 Å². The van der Waals surface area contributed by atoms with Gasteiger partial charge in [-0.05, 0) is 31.4 Å². The summed E-state index contributed by atoms with van der Waals surface area (Å²) in [5.74, 6) is 0.903. The zero-order valence-electron chi connectivity index (χ0n) is 12.5. The number of likely N-dealkylation sites (tertiary alicyclic amines) is 1. The molecule has 2 aromatic rings. The predicted octanol–water partition coefficient (Wildman–Crippen LogP) is 3.09. The number of fused-ring (bicyclic) bond motifs is 1. The summed E-state index contributed by atoms with van der Waals surface area (Å²) in [6.07, 6.45) is 2.88. The van der Waals surface area contributed by atoms with Gasteiger partial charge in [-0.3, -0.25) is 4.79 Å². The van der Waals surface area contributed by atoms with Crippen LogP contribution in [0.15, 0.2) is 16.7 Å². The molecule has 0 spiro atoms. The largest absolute Gasteiger partial charge is 0.376 e. The standard InChI is InChI=1S/C16H18N2O3S/c1-10-7-12(17-21-10)13-3-2-5-18(13)16(19)15-8-11-9-20-6-4-14(11)22-15/h7-8,13H,2-6,9H2,1H3. The van der Waals surface area contributed by atoms with E-state index < -0.39 is 0 Å². The SMILES string of the molecule is Cc1cc(C2CCCN2C(=O)c2cc3c(s2)CCOC3)no1. The van der Waals surface area contributed by atoms with Gasteiger partial charge in [-0.25, -0.2) is 0 Å². The maximum atomic E-state index is 12.9. The number of aryl methyl sites for hydroxylation is 1. The predicted molar refractivity (Wildman–Crippen MR) is 81.9 cm³/mol. The molecule has 0 bridgehead atoms. The van der Waals surface area contributed by atoms with Crippen LogP contribution in [-0.4, -0.2) is 29.1 Å². The van der Waals surface area contributed by atoms with Gasteiger partial charge >= 0.3 is 0 Å². The van der Waals surface area contributed by atoms with Gasteiger partial charge in [0.15, 0.2) is 0 Å². The molecular weight excluding hydrogens is 300 g/mol. The summed E-state index contributed by atoms with van der Waals surface area (Å²) in [5.41, 5.74) is 2.04. The van der Waals surface area contributed by atoms with Gasteiger partial charge in [0.2, 0.25) is 0 Å². The Morgan fingerprint density at radius 1 is 1.45 bits per heavy atom. The topological polar surface area (TPSA) is 55.6 Å². The maximum Gasteiger partial charge on any atom is 0.264 e. The van der Waals surface area contributed by atoms with E-state index in [4.69, 9.17) is 9.26 Å². The summed E-state index contributed by atoms with van der Waals surface area (Å²) >= 11 is 1.62. The van der Waals surface area contributed by atoms with Gasteiger partial charge in [0.25, 0.3) is 5.91 Å². The first-order valence-corrected chi connectivity index (χ1v) is 8.47. The van der Waals surface area contributed by atoms with Crippen molar-refractivity contribution in [1.29, 1.82) is 0 Å². The highest BCUT2D eigenvalue weighted by molar-refractivity contribution is 7.14. The molecule has 4 rings (SSSR count). The molecular formula is C16H18N2O3S. The normalized spacial score (nSPS) is 21.1. The van der Waals surface area contributed by atoms with Crippen LogP contribution < -0.4 is 0 Å². The second-order valence-electron chi connectivity index (χ2n) is 5.88. The Balaban J connectivity index is 1.60. The molecule has 2 aliphatic heterocycles. The minimum atomic E-state index is 0.0420. The van der Waals surface area contributed by atoms with Crippen molar-refractivity contribution < 1.29 is 14.1 Å². The van der Waals surface area contributed by atoms with Gasteiger partial charge in [-0.15, -0.1) is 11.3 Å². The van der Waals surface area contributed by atoms with Crippen LogP contribution in [-0.2, 0) is 17.8 Å².